The molecule has 0 spiro atoms. The third kappa shape index (κ3) is 2.57. The molecule has 2 rings (SSSR count). The van der Waals surface area contributed by atoms with Gasteiger partial charge in [-0.3, -0.25) is 9.59 Å². The number of carboxylic acid groups (broad SMARTS) is 1. The Hall–Kier alpha value is -2.54. The molecular weight excluding hydrogens is 290 g/mol. The molecule has 0 unspecified atom stereocenters. The first-order valence-corrected chi connectivity index (χ1v) is 5.73. The highest BCUT2D eigenvalue weighted by Crippen LogP contribution is 2.28. The first-order valence-electron chi connectivity index (χ1n) is 5.35. The molecule has 0 aliphatic rings. The molecule has 1 aromatic carbocycles. The van der Waals surface area contributed by atoms with Gasteiger partial charge in [0.05, 0.1) is 5.39 Å². The molecule has 1 aromatic heterocycles. The predicted molar refractivity (Wildman–Crippen MR) is 69.1 cm³/mol. The van der Waals surface area contributed by atoms with E-state index in [1.165, 1.54) is 18.2 Å². The highest BCUT2D eigenvalue weighted by Gasteiger charge is 2.21. The minimum absolute atomic E-state index is 0.0229. The average Bonchev–Trinajstić information content (AvgIpc) is 2.35. The number of carboxylic acids is 1. The number of hydrogen-bond acceptors (Lipinski definition) is 5. The summed E-state index contributed by atoms with van der Waals surface area (Å²) in [7, 11) is 0. The highest BCUT2D eigenvalue weighted by molar-refractivity contribution is 6.31. The van der Waals surface area contributed by atoms with Gasteiger partial charge in [-0.1, -0.05) is 11.6 Å². The van der Waals surface area contributed by atoms with E-state index in [9.17, 15) is 19.5 Å². The molecule has 0 saturated heterocycles. The Morgan fingerprint density at radius 3 is 2.70 bits per heavy atom. The lowest BCUT2D eigenvalue weighted by Crippen LogP contribution is -2.32. The van der Waals surface area contributed by atoms with Gasteiger partial charge in [-0.15, -0.1) is 0 Å². The Morgan fingerprint density at radius 1 is 1.35 bits per heavy atom. The van der Waals surface area contributed by atoms with E-state index in [1.807, 2.05) is 5.32 Å². The lowest BCUT2D eigenvalue weighted by atomic mass is 10.1. The Balaban J connectivity index is 2.54. The average molecular weight is 298 g/mol. The van der Waals surface area contributed by atoms with Crippen LogP contribution in [-0.2, 0) is 4.79 Å². The van der Waals surface area contributed by atoms with E-state index in [4.69, 9.17) is 21.1 Å². The second-order valence-electron chi connectivity index (χ2n) is 3.83. The highest BCUT2D eigenvalue weighted by atomic mass is 35.5. The van der Waals surface area contributed by atoms with Crippen molar-refractivity contribution in [3.8, 4) is 5.75 Å². The van der Waals surface area contributed by atoms with Gasteiger partial charge in [0.2, 0.25) is 0 Å². The number of nitrogens with one attached hydrogen (secondary N) is 1. The predicted octanol–water partition coefficient (Wildman–Crippen LogP) is 0.966. The van der Waals surface area contributed by atoms with Crippen molar-refractivity contribution in [1.29, 1.82) is 0 Å². The van der Waals surface area contributed by atoms with E-state index in [0.29, 0.717) is 5.02 Å². The lowest BCUT2D eigenvalue weighted by molar-refractivity contribution is -0.135. The van der Waals surface area contributed by atoms with Gasteiger partial charge in [0, 0.05) is 11.1 Å². The third-order valence-corrected chi connectivity index (χ3v) is 2.70. The number of carbonyl (C=O) groups excluding carboxylic acids is 1. The zero-order valence-corrected chi connectivity index (χ0v) is 10.6. The van der Waals surface area contributed by atoms with E-state index in [0.717, 1.165) is 0 Å². The van der Waals surface area contributed by atoms with Gasteiger partial charge in [0.15, 0.2) is 5.56 Å². The van der Waals surface area contributed by atoms with Crippen molar-refractivity contribution in [2.24, 2.45) is 0 Å². The van der Waals surface area contributed by atoms with Crippen molar-refractivity contribution in [2.75, 3.05) is 6.54 Å². The summed E-state index contributed by atoms with van der Waals surface area (Å²) >= 11 is 5.72. The molecule has 1 amide bonds. The first-order chi connectivity index (χ1) is 9.40. The second-order valence-corrected chi connectivity index (χ2v) is 4.27. The summed E-state index contributed by atoms with van der Waals surface area (Å²) in [4.78, 5) is 33.7. The molecular formula is C12H8ClNO6. The normalized spacial score (nSPS) is 10.4. The number of amides is 1. The van der Waals surface area contributed by atoms with Crippen LogP contribution in [0.5, 0.6) is 5.75 Å². The maximum atomic E-state index is 11.7. The van der Waals surface area contributed by atoms with E-state index in [1.54, 1.807) is 0 Å². The van der Waals surface area contributed by atoms with Gasteiger partial charge in [0.1, 0.15) is 17.9 Å². The third-order valence-electron chi connectivity index (χ3n) is 2.47. The molecule has 3 N–H and O–H groups in total. The van der Waals surface area contributed by atoms with Crippen LogP contribution < -0.4 is 10.9 Å². The smallest absolute Gasteiger partial charge is 0.353 e. The number of benzene rings is 1. The van der Waals surface area contributed by atoms with Crippen LogP contribution in [0.15, 0.2) is 27.4 Å². The van der Waals surface area contributed by atoms with Crippen molar-refractivity contribution >= 4 is 34.4 Å². The first kappa shape index (κ1) is 13.9. The summed E-state index contributed by atoms with van der Waals surface area (Å²) < 4.78 is 4.87. The lowest BCUT2D eigenvalue weighted by Gasteiger charge is -2.06. The number of aliphatic carboxylic acids is 1. The zero-order valence-electron chi connectivity index (χ0n) is 9.84. The number of aromatic hydroxyl groups is 1. The molecule has 20 heavy (non-hydrogen) atoms. The monoisotopic (exact) mass is 297 g/mol. The number of hydrogen-bond donors (Lipinski definition) is 3. The zero-order chi connectivity index (χ0) is 14.9. The number of fused-ring (bicyclic) bond motifs is 1. The topological polar surface area (TPSA) is 117 Å². The maximum Gasteiger partial charge on any atom is 0.353 e. The minimum atomic E-state index is -1.28. The Labute approximate surface area is 116 Å². The van der Waals surface area contributed by atoms with E-state index in [2.05, 4.69) is 0 Å². The largest absolute Gasteiger partial charge is 0.506 e. The molecule has 0 fully saturated rings. The molecule has 0 saturated carbocycles. The minimum Gasteiger partial charge on any atom is -0.506 e. The Morgan fingerprint density at radius 2 is 2.05 bits per heavy atom. The molecule has 104 valence electrons. The van der Waals surface area contributed by atoms with Crippen molar-refractivity contribution in [3.05, 3.63) is 39.2 Å². The number of halogens is 1. The van der Waals surface area contributed by atoms with Gasteiger partial charge in [-0.25, -0.2) is 4.79 Å². The molecule has 2 aromatic rings. The van der Waals surface area contributed by atoms with Crippen LogP contribution in [0.2, 0.25) is 5.02 Å². The van der Waals surface area contributed by atoms with Crippen molar-refractivity contribution < 1.29 is 24.2 Å². The van der Waals surface area contributed by atoms with Crippen LogP contribution >= 0.6 is 11.6 Å². The van der Waals surface area contributed by atoms with Gasteiger partial charge in [-0.2, -0.15) is 0 Å². The fourth-order valence-corrected chi connectivity index (χ4v) is 1.77. The Bertz CT molecular complexity index is 766. The van der Waals surface area contributed by atoms with Crippen LogP contribution in [0.1, 0.15) is 10.4 Å². The van der Waals surface area contributed by atoms with Crippen LogP contribution in [0.3, 0.4) is 0 Å². The molecule has 0 radical (unpaired) electrons. The summed E-state index contributed by atoms with van der Waals surface area (Å²) in [6.07, 6.45) is 0. The van der Waals surface area contributed by atoms with Crippen molar-refractivity contribution in [1.82, 2.24) is 5.32 Å². The van der Waals surface area contributed by atoms with Crippen LogP contribution in [-0.4, -0.2) is 28.6 Å². The fraction of sp³-hybridized carbons (Fsp3) is 0.0833. The molecule has 0 aliphatic heterocycles. The SMILES string of the molecule is O=C(O)CNC(=O)c1c(O)c2ccc(Cl)cc2oc1=O. The summed E-state index contributed by atoms with van der Waals surface area (Å²) in [5, 5.41) is 20.8. The summed E-state index contributed by atoms with van der Waals surface area (Å²) in [5.41, 5.74) is -1.71. The van der Waals surface area contributed by atoms with Gasteiger partial charge in [0.25, 0.3) is 5.91 Å². The van der Waals surface area contributed by atoms with E-state index >= 15 is 0 Å². The summed E-state index contributed by atoms with van der Waals surface area (Å²) in [5.74, 6) is -2.90. The molecule has 0 bridgehead atoms. The molecule has 1 heterocycles. The Kier molecular flexibility index (Phi) is 3.62. The molecule has 8 heteroatoms. The van der Waals surface area contributed by atoms with E-state index in [-0.39, 0.29) is 11.0 Å². The van der Waals surface area contributed by atoms with Crippen molar-refractivity contribution in [3.63, 3.8) is 0 Å². The van der Waals surface area contributed by atoms with Gasteiger partial charge >= 0.3 is 11.6 Å². The molecule has 0 aliphatic carbocycles. The molecule has 0 atom stereocenters. The second kappa shape index (κ2) is 5.22. The number of carbonyl (C=O) groups is 2. The number of rotatable bonds is 3. The van der Waals surface area contributed by atoms with Crippen LogP contribution in [0.4, 0.5) is 0 Å². The summed E-state index contributed by atoms with van der Waals surface area (Å²) in [6.45, 7) is -0.684. The van der Waals surface area contributed by atoms with Gasteiger partial charge < -0.3 is 19.9 Å². The standard InChI is InChI=1S/C12H8ClNO6/c13-5-1-2-6-7(3-5)20-12(19)9(10(6)17)11(18)14-4-8(15)16/h1-3,17H,4H2,(H,14,18)(H,15,16). The molecule has 7 nitrogen and oxygen atoms in total. The van der Waals surface area contributed by atoms with Crippen molar-refractivity contribution in [2.45, 2.75) is 0 Å². The van der Waals surface area contributed by atoms with Crippen LogP contribution in [0, 0.1) is 0 Å². The van der Waals surface area contributed by atoms with E-state index < -0.39 is 35.4 Å². The quantitative estimate of drug-likeness (QED) is 0.727. The van der Waals surface area contributed by atoms with Gasteiger partial charge in [-0.05, 0) is 12.1 Å². The summed E-state index contributed by atoms with van der Waals surface area (Å²) in [6, 6.07) is 4.14. The maximum absolute atomic E-state index is 11.7. The fourth-order valence-electron chi connectivity index (χ4n) is 1.60. The van der Waals surface area contributed by atoms with Crippen LogP contribution in [0.25, 0.3) is 11.0 Å².